The van der Waals surface area contributed by atoms with Crippen LogP contribution >= 0.6 is 11.6 Å². The van der Waals surface area contributed by atoms with E-state index < -0.39 is 12.2 Å². The molecule has 0 aromatic carbocycles. The molecule has 0 aliphatic heterocycles. The van der Waals surface area contributed by atoms with Gasteiger partial charge in [0.15, 0.2) is 11.5 Å². The third-order valence-corrected chi connectivity index (χ3v) is 5.06. The van der Waals surface area contributed by atoms with Gasteiger partial charge in [0.2, 0.25) is 0 Å². The van der Waals surface area contributed by atoms with Crippen molar-refractivity contribution in [3.8, 4) is 11.4 Å². The number of aryl methyl sites for hydroxylation is 1. The number of carbonyl (C=O) groups is 2. The number of nitrogens with zero attached hydrogens (tertiary/aromatic N) is 6. The molecular formula is C22H19ClN8O3. The van der Waals surface area contributed by atoms with E-state index in [1.165, 1.54) is 10.9 Å². The number of nitrogens with one attached hydrogen (secondary N) is 2. The van der Waals surface area contributed by atoms with Crippen molar-refractivity contribution in [3.05, 3.63) is 77.5 Å². The van der Waals surface area contributed by atoms with Crippen LogP contribution in [0.4, 0.5) is 16.3 Å². The summed E-state index contributed by atoms with van der Waals surface area (Å²) in [4.78, 5) is 37.2. The predicted molar refractivity (Wildman–Crippen MR) is 124 cm³/mol. The maximum Gasteiger partial charge on any atom is 0.413 e. The summed E-state index contributed by atoms with van der Waals surface area (Å²) in [5.41, 5.74) is 2.20. The number of halogens is 1. The van der Waals surface area contributed by atoms with Crippen LogP contribution in [0, 0.1) is 0 Å². The molecule has 0 fully saturated rings. The fraction of sp³-hybridized carbons (Fsp3) is 0.136. The van der Waals surface area contributed by atoms with Gasteiger partial charge in [0, 0.05) is 31.2 Å². The van der Waals surface area contributed by atoms with Gasteiger partial charge in [-0.15, -0.1) is 5.10 Å². The Balaban J connectivity index is 1.46. The standard InChI is InChI=1S/C22H19ClN8O3/c1-13(16-6-4-10-25-19(16)23)34-22(33)28-20-18(29-30-31(20)2)17-8-7-14(11-26-17)21(32)27-15-5-3-9-24-12-15/h3-13H,1-2H3,(H,27,32)(H,28,33)/t13-/m1/s1. The number of hydrogen-bond donors (Lipinski definition) is 2. The lowest BCUT2D eigenvalue weighted by Gasteiger charge is -2.15. The predicted octanol–water partition coefficient (Wildman–Crippen LogP) is 3.88. The van der Waals surface area contributed by atoms with Gasteiger partial charge in [-0.05, 0) is 37.3 Å². The van der Waals surface area contributed by atoms with Crippen molar-refractivity contribution in [1.82, 2.24) is 29.9 Å². The lowest BCUT2D eigenvalue weighted by molar-refractivity contribution is 0.102. The molecule has 0 aliphatic carbocycles. The second kappa shape index (κ2) is 10.0. The Morgan fingerprint density at radius 1 is 1.06 bits per heavy atom. The van der Waals surface area contributed by atoms with E-state index in [4.69, 9.17) is 16.3 Å². The van der Waals surface area contributed by atoms with Crippen LogP contribution in [-0.4, -0.2) is 41.9 Å². The number of pyridine rings is 3. The van der Waals surface area contributed by atoms with E-state index in [1.54, 1.807) is 69.0 Å². The van der Waals surface area contributed by atoms with E-state index in [9.17, 15) is 9.59 Å². The van der Waals surface area contributed by atoms with Gasteiger partial charge in [-0.3, -0.25) is 20.1 Å². The number of hydrogen-bond acceptors (Lipinski definition) is 8. The molecule has 0 bridgehead atoms. The molecule has 4 aromatic rings. The summed E-state index contributed by atoms with van der Waals surface area (Å²) in [5.74, 6) is -0.0642. The van der Waals surface area contributed by atoms with Crippen LogP contribution in [0.3, 0.4) is 0 Å². The van der Waals surface area contributed by atoms with Gasteiger partial charge in [-0.2, -0.15) is 0 Å². The number of anilines is 2. The zero-order valence-corrected chi connectivity index (χ0v) is 18.9. The first-order valence-corrected chi connectivity index (χ1v) is 10.5. The maximum atomic E-state index is 12.5. The Hall–Kier alpha value is -4.38. The quantitative estimate of drug-likeness (QED) is 0.398. The highest BCUT2D eigenvalue weighted by Gasteiger charge is 2.20. The van der Waals surface area contributed by atoms with Gasteiger partial charge in [0.05, 0.1) is 23.1 Å². The van der Waals surface area contributed by atoms with Crippen molar-refractivity contribution in [2.24, 2.45) is 7.05 Å². The zero-order chi connectivity index (χ0) is 24.1. The molecule has 2 amide bonds. The molecule has 0 saturated heterocycles. The van der Waals surface area contributed by atoms with Crippen LogP contribution in [0.25, 0.3) is 11.4 Å². The normalized spacial score (nSPS) is 11.5. The summed E-state index contributed by atoms with van der Waals surface area (Å²) in [7, 11) is 1.61. The minimum absolute atomic E-state index is 0.252. The average molecular weight is 479 g/mol. The zero-order valence-electron chi connectivity index (χ0n) is 18.1. The number of rotatable bonds is 6. The van der Waals surface area contributed by atoms with Crippen molar-refractivity contribution in [2.45, 2.75) is 13.0 Å². The first-order valence-electron chi connectivity index (χ1n) is 10.1. The molecule has 0 saturated carbocycles. The fourth-order valence-electron chi connectivity index (χ4n) is 3.03. The first-order chi connectivity index (χ1) is 16.4. The summed E-state index contributed by atoms with van der Waals surface area (Å²) in [6.45, 7) is 1.68. The summed E-state index contributed by atoms with van der Waals surface area (Å²) in [6.07, 6.45) is 4.74. The van der Waals surface area contributed by atoms with E-state index in [0.717, 1.165) is 0 Å². The van der Waals surface area contributed by atoms with Crippen molar-refractivity contribution < 1.29 is 14.3 Å². The Morgan fingerprint density at radius 3 is 2.59 bits per heavy atom. The third-order valence-electron chi connectivity index (χ3n) is 4.74. The summed E-state index contributed by atoms with van der Waals surface area (Å²) in [5, 5.41) is 13.6. The second-order valence-electron chi connectivity index (χ2n) is 7.09. The minimum atomic E-state index is -0.730. The first kappa shape index (κ1) is 22.8. The second-order valence-corrected chi connectivity index (χ2v) is 7.45. The topological polar surface area (TPSA) is 137 Å². The largest absolute Gasteiger partial charge is 0.441 e. The SMILES string of the molecule is C[C@@H](OC(=O)Nc1c(-c2ccc(C(=O)Nc3cccnc3)cn2)nnn1C)c1cccnc1Cl. The van der Waals surface area contributed by atoms with Gasteiger partial charge in [-0.25, -0.2) is 14.5 Å². The Labute approximate surface area is 199 Å². The minimum Gasteiger partial charge on any atom is -0.441 e. The van der Waals surface area contributed by atoms with Gasteiger partial charge in [0.1, 0.15) is 11.3 Å². The molecule has 172 valence electrons. The Kier molecular flexibility index (Phi) is 6.74. The smallest absolute Gasteiger partial charge is 0.413 e. The lowest BCUT2D eigenvalue weighted by atomic mass is 10.2. The van der Waals surface area contributed by atoms with E-state index in [2.05, 4.69) is 35.9 Å². The lowest BCUT2D eigenvalue weighted by Crippen LogP contribution is -2.18. The fourth-order valence-corrected chi connectivity index (χ4v) is 3.30. The number of amides is 2. The van der Waals surface area contributed by atoms with Crippen molar-refractivity contribution in [3.63, 3.8) is 0 Å². The third kappa shape index (κ3) is 5.15. The molecule has 4 aromatic heterocycles. The number of aromatic nitrogens is 6. The van der Waals surface area contributed by atoms with E-state index >= 15 is 0 Å². The highest BCUT2D eigenvalue weighted by molar-refractivity contribution is 6.30. The van der Waals surface area contributed by atoms with Crippen LogP contribution in [0.2, 0.25) is 5.15 Å². The molecule has 0 radical (unpaired) electrons. The summed E-state index contributed by atoms with van der Waals surface area (Å²) in [6, 6.07) is 10.1. The van der Waals surface area contributed by atoms with Crippen LogP contribution in [0.5, 0.6) is 0 Å². The van der Waals surface area contributed by atoms with Crippen molar-refractivity contribution in [1.29, 1.82) is 0 Å². The number of carbonyl (C=O) groups excluding carboxylic acids is 2. The molecule has 0 aliphatic rings. The molecule has 1 atom stereocenters. The Morgan fingerprint density at radius 2 is 1.88 bits per heavy atom. The number of ether oxygens (including phenoxy) is 1. The van der Waals surface area contributed by atoms with E-state index in [-0.39, 0.29) is 16.9 Å². The van der Waals surface area contributed by atoms with Crippen molar-refractivity contribution in [2.75, 3.05) is 10.6 Å². The average Bonchev–Trinajstić information content (AvgIpc) is 3.19. The highest BCUT2D eigenvalue weighted by Crippen LogP contribution is 2.26. The monoisotopic (exact) mass is 478 g/mol. The van der Waals surface area contributed by atoms with Gasteiger partial charge >= 0.3 is 6.09 Å². The maximum absolute atomic E-state index is 12.5. The molecule has 34 heavy (non-hydrogen) atoms. The molecular weight excluding hydrogens is 460 g/mol. The molecule has 11 nitrogen and oxygen atoms in total. The molecule has 12 heteroatoms. The summed E-state index contributed by atoms with van der Waals surface area (Å²) < 4.78 is 6.80. The van der Waals surface area contributed by atoms with Crippen LogP contribution < -0.4 is 10.6 Å². The highest BCUT2D eigenvalue weighted by atomic mass is 35.5. The molecule has 4 heterocycles. The molecule has 4 rings (SSSR count). The van der Waals surface area contributed by atoms with E-state index in [0.29, 0.717) is 28.2 Å². The Bertz CT molecular complexity index is 1310. The van der Waals surface area contributed by atoms with E-state index in [1.807, 2.05) is 0 Å². The van der Waals surface area contributed by atoms with Gasteiger partial charge in [-0.1, -0.05) is 22.9 Å². The van der Waals surface area contributed by atoms with Crippen LogP contribution in [0.1, 0.15) is 28.9 Å². The van der Waals surface area contributed by atoms with Gasteiger partial charge in [0.25, 0.3) is 5.91 Å². The molecule has 2 N–H and O–H groups in total. The molecule has 0 unspecified atom stereocenters. The van der Waals surface area contributed by atoms with Crippen LogP contribution in [-0.2, 0) is 11.8 Å². The van der Waals surface area contributed by atoms with Crippen LogP contribution in [0.15, 0.2) is 61.2 Å². The van der Waals surface area contributed by atoms with Gasteiger partial charge < -0.3 is 10.1 Å². The molecule has 0 spiro atoms. The van der Waals surface area contributed by atoms with Crippen molar-refractivity contribution >= 4 is 35.1 Å². The summed E-state index contributed by atoms with van der Waals surface area (Å²) >= 11 is 6.07.